The van der Waals surface area contributed by atoms with Gasteiger partial charge in [0.15, 0.2) is 0 Å². The summed E-state index contributed by atoms with van der Waals surface area (Å²) in [5.41, 5.74) is 1.67. The van der Waals surface area contributed by atoms with Crippen molar-refractivity contribution in [2.24, 2.45) is 5.92 Å². The summed E-state index contributed by atoms with van der Waals surface area (Å²) in [5.74, 6) is 1.90. The number of aryl methyl sites for hydroxylation is 1. The summed E-state index contributed by atoms with van der Waals surface area (Å²) >= 11 is 0. The average Bonchev–Trinajstić information content (AvgIpc) is 3.48. The van der Waals surface area contributed by atoms with Crippen molar-refractivity contribution in [3.63, 3.8) is 0 Å². The van der Waals surface area contributed by atoms with Crippen LogP contribution in [0.2, 0.25) is 0 Å². The Balaban J connectivity index is 1.37. The summed E-state index contributed by atoms with van der Waals surface area (Å²) in [4.78, 5) is 32.2. The van der Waals surface area contributed by atoms with Gasteiger partial charge in [-0.2, -0.15) is 0 Å². The van der Waals surface area contributed by atoms with Crippen molar-refractivity contribution >= 4 is 11.8 Å². The zero-order chi connectivity index (χ0) is 19.7. The summed E-state index contributed by atoms with van der Waals surface area (Å²) in [5, 5.41) is 0. The van der Waals surface area contributed by atoms with Crippen LogP contribution in [0.4, 0.5) is 0 Å². The van der Waals surface area contributed by atoms with Crippen molar-refractivity contribution in [2.45, 2.75) is 38.6 Å². The highest BCUT2D eigenvalue weighted by atomic mass is 16.5. The molecule has 4 rings (SSSR count). The van der Waals surface area contributed by atoms with Crippen LogP contribution < -0.4 is 4.74 Å². The Morgan fingerprint density at radius 3 is 2.64 bits per heavy atom. The molecule has 2 aliphatic heterocycles. The van der Waals surface area contributed by atoms with Gasteiger partial charge in [0, 0.05) is 44.8 Å². The first kappa shape index (κ1) is 19.2. The van der Waals surface area contributed by atoms with Crippen molar-refractivity contribution in [3.05, 3.63) is 29.3 Å². The molecule has 0 aromatic heterocycles. The maximum absolute atomic E-state index is 13.0. The lowest BCUT2D eigenvalue weighted by atomic mass is 10.1. The molecule has 152 valence electrons. The first-order valence-corrected chi connectivity index (χ1v) is 10.5. The zero-order valence-corrected chi connectivity index (χ0v) is 17.0. The molecule has 6 heteroatoms. The van der Waals surface area contributed by atoms with Gasteiger partial charge < -0.3 is 14.5 Å². The average molecular weight is 386 g/mol. The van der Waals surface area contributed by atoms with E-state index < -0.39 is 0 Å². The third-order valence-corrected chi connectivity index (χ3v) is 6.37. The van der Waals surface area contributed by atoms with Gasteiger partial charge in [0.2, 0.25) is 5.91 Å². The Morgan fingerprint density at radius 2 is 1.93 bits per heavy atom. The highest BCUT2D eigenvalue weighted by Gasteiger charge is 2.38. The summed E-state index contributed by atoms with van der Waals surface area (Å²) in [7, 11) is 1.63. The van der Waals surface area contributed by atoms with Gasteiger partial charge in [-0.3, -0.25) is 14.5 Å². The van der Waals surface area contributed by atoms with Gasteiger partial charge >= 0.3 is 0 Å². The van der Waals surface area contributed by atoms with E-state index in [0.717, 1.165) is 68.4 Å². The summed E-state index contributed by atoms with van der Waals surface area (Å²) in [6.07, 6.45) is 4.39. The van der Waals surface area contributed by atoms with Crippen molar-refractivity contribution in [1.29, 1.82) is 0 Å². The van der Waals surface area contributed by atoms with E-state index in [9.17, 15) is 9.59 Å². The minimum atomic E-state index is 0.0107. The Labute approximate surface area is 167 Å². The van der Waals surface area contributed by atoms with E-state index in [2.05, 4.69) is 9.80 Å². The van der Waals surface area contributed by atoms with E-state index in [1.807, 2.05) is 30.0 Å². The van der Waals surface area contributed by atoms with E-state index in [4.69, 9.17) is 4.74 Å². The molecule has 0 radical (unpaired) electrons. The van der Waals surface area contributed by atoms with Crippen LogP contribution in [0.1, 0.15) is 41.6 Å². The van der Waals surface area contributed by atoms with Crippen LogP contribution >= 0.6 is 0 Å². The van der Waals surface area contributed by atoms with Gasteiger partial charge in [0.25, 0.3) is 5.91 Å². The van der Waals surface area contributed by atoms with E-state index in [-0.39, 0.29) is 11.9 Å². The van der Waals surface area contributed by atoms with Gasteiger partial charge in [0.1, 0.15) is 5.75 Å². The number of benzene rings is 1. The molecule has 1 atom stereocenters. The number of hydrogen-bond acceptors (Lipinski definition) is 4. The number of carbonyl (C=O) groups excluding carboxylic acids is 2. The first-order valence-electron chi connectivity index (χ1n) is 10.5. The quantitative estimate of drug-likeness (QED) is 0.780. The Bertz CT molecular complexity index is 747. The summed E-state index contributed by atoms with van der Waals surface area (Å²) < 4.78 is 5.25. The zero-order valence-electron chi connectivity index (χ0n) is 17.0. The lowest BCUT2D eigenvalue weighted by Gasteiger charge is -2.27. The molecule has 1 saturated carbocycles. The number of hydrogen-bond donors (Lipinski definition) is 0. The van der Waals surface area contributed by atoms with E-state index >= 15 is 0 Å². The van der Waals surface area contributed by atoms with Crippen LogP contribution in [0.25, 0.3) is 0 Å². The third-order valence-electron chi connectivity index (χ3n) is 6.37. The van der Waals surface area contributed by atoms with E-state index in [1.54, 1.807) is 7.11 Å². The SMILES string of the molecule is COc1ccc(C(=O)N2CCCN(C3CCN(CC4CC4)C3=O)CC2)c(C)c1. The molecule has 28 heavy (non-hydrogen) atoms. The largest absolute Gasteiger partial charge is 0.497 e. The van der Waals surface area contributed by atoms with Crippen LogP contribution in [0.3, 0.4) is 0 Å². The number of rotatable bonds is 5. The second kappa shape index (κ2) is 8.11. The fraction of sp³-hybridized carbons (Fsp3) is 0.636. The topological polar surface area (TPSA) is 53.1 Å². The molecular weight excluding hydrogens is 354 g/mol. The molecule has 1 unspecified atom stereocenters. The monoisotopic (exact) mass is 385 g/mol. The molecule has 3 fully saturated rings. The molecule has 1 aromatic carbocycles. The fourth-order valence-electron chi connectivity index (χ4n) is 4.48. The minimum absolute atomic E-state index is 0.0107. The second-order valence-electron chi connectivity index (χ2n) is 8.39. The highest BCUT2D eigenvalue weighted by Crippen LogP contribution is 2.32. The third kappa shape index (κ3) is 4.02. The van der Waals surface area contributed by atoms with Crippen molar-refractivity contribution < 1.29 is 14.3 Å². The maximum atomic E-state index is 13.0. The molecule has 0 N–H and O–H groups in total. The number of amides is 2. The second-order valence-corrected chi connectivity index (χ2v) is 8.39. The molecule has 2 amide bonds. The molecule has 1 aromatic rings. The molecule has 0 bridgehead atoms. The van der Waals surface area contributed by atoms with Gasteiger partial charge in [-0.15, -0.1) is 0 Å². The number of likely N-dealkylation sites (tertiary alicyclic amines) is 1. The Kier molecular flexibility index (Phi) is 5.58. The number of nitrogens with zero attached hydrogens (tertiary/aromatic N) is 3. The first-order chi connectivity index (χ1) is 13.6. The Morgan fingerprint density at radius 1 is 1.11 bits per heavy atom. The van der Waals surface area contributed by atoms with Gasteiger partial charge in [-0.25, -0.2) is 0 Å². The van der Waals surface area contributed by atoms with Crippen molar-refractivity contribution in [3.8, 4) is 5.75 Å². The lowest BCUT2D eigenvalue weighted by Crippen LogP contribution is -2.44. The normalized spacial score (nSPS) is 23.8. The van der Waals surface area contributed by atoms with Gasteiger partial charge in [-0.1, -0.05) is 0 Å². The van der Waals surface area contributed by atoms with Crippen molar-refractivity contribution in [2.75, 3.05) is 46.4 Å². The van der Waals surface area contributed by atoms with Crippen LogP contribution in [0.5, 0.6) is 5.75 Å². The molecule has 1 aliphatic carbocycles. The predicted octanol–water partition coefficient (Wildman–Crippen LogP) is 2.16. The lowest BCUT2D eigenvalue weighted by molar-refractivity contribution is -0.132. The molecule has 3 aliphatic rings. The van der Waals surface area contributed by atoms with Gasteiger partial charge in [0.05, 0.1) is 13.2 Å². The minimum Gasteiger partial charge on any atom is -0.497 e. The smallest absolute Gasteiger partial charge is 0.254 e. The van der Waals surface area contributed by atoms with Crippen LogP contribution in [-0.4, -0.2) is 78.9 Å². The standard InChI is InChI=1S/C22H31N3O3/c1-16-14-18(28-2)6-7-19(16)21(26)24-10-3-9-23(12-13-24)20-8-11-25(22(20)27)15-17-4-5-17/h6-7,14,17,20H,3-5,8-13,15H2,1-2H3. The maximum Gasteiger partial charge on any atom is 0.254 e. The Hall–Kier alpha value is -2.08. The van der Waals surface area contributed by atoms with Crippen LogP contribution in [0, 0.1) is 12.8 Å². The predicted molar refractivity (Wildman–Crippen MR) is 108 cm³/mol. The van der Waals surface area contributed by atoms with E-state index in [0.29, 0.717) is 12.5 Å². The van der Waals surface area contributed by atoms with Crippen LogP contribution in [0.15, 0.2) is 18.2 Å². The fourth-order valence-corrected chi connectivity index (χ4v) is 4.48. The number of ether oxygens (including phenoxy) is 1. The molecular formula is C22H31N3O3. The van der Waals surface area contributed by atoms with Crippen molar-refractivity contribution in [1.82, 2.24) is 14.7 Å². The van der Waals surface area contributed by atoms with Crippen LogP contribution in [-0.2, 0) is 4.79 Å². The van der Waals surface area contributed by atoms with Gasteiger partial charge in [-0.05, 0) is 62.3 Å². The summed E-state index contributed by atoms with van der Waals surface area (Å²) in [6.45, 7) is 6.87. The van der Waals surface area contributed by atoms with E-state index in [1.165, 1.54) is 12.8 Å². The summed E-state index contributed by atoms with van der Waals surface area (Å²) in [6, 6.07) is 5.62. The number of methoxy groups -OCH3 is 1. The molecule has 2 heterocycles. The number of carbonyl (C=O) groups is 2. The molecule has 0 spiro atoms. The highest BCUT2D eigenvalue weighted by molar-refractivity contribution is 5.95. The molecule has 2 saturated heterocycles. The molecule has 6 nitrogen and oxygen atoms in total.